The highest BCUT2D eigenvalue weighted by molar-refractivity contribution is 5.94. The Kier molecular flexibility index (Phi) is 13.1. The third-order valence-electron chi connectivity index (χ3n) is 8.82. The van der Waals surface area contributed by atoms with Crippen LogP contribution < -0.4 is 16.4 Å². The number of ether oxygens (including phenoxy) is 2. The second-order valence-electron chi connectivity index (χ2n) is 12.9. The van der Waals surface area contributed by atoms with Crippen LogP contribution in [-0.4, -0.2) is 122 Å². The van der Waals surface area contributed by atoms with E-state index in [1.54, 1.807) is 50.2 Å². The second-order valence-corrected chi connectivity index (χ2v) is 12.9. The van der Waals surface area contributed by atoms with E-state index in [2.05, 4.69) is 16.4 Å². The van der Waals surface area contributed by atoms with E-state index in [0.717, 1.165) is 11.1 Å². The van der Waals surface area contributed by atoms with E-state index in [-0.39, 0.29) is 18.1 Å². The highest BCUT2D eigenvalue weighted by Crippen LogP contribution is 2.22. The van der Waals surface area contributed by atoms with Crippen molar-refractivity contribution < 1.29 is 59.9 Å². The fourth-order valence-corrected chi connectivity index (χ4v) is 5.94. The minimum absolute atomic E-state index is 0.0813. The van der Waals surface area contributed by atoms with Crippen LogP contribution in [0.1, 0.15) is 37.8 Å². The molecule has 2 heterocycles. The zero-order chi connectivity index (χ0) is 35.8. The third kappa shape index (κ3) is 9.74. The van der Waals surface area contributed by atoms with Gasteiger partial charge in [0.25, 0.3) is 5.91 Å². The average molecular weight is 688 g/mol. The summed E-state index contributed by atoms with van der Waals surface area (Å²) in [6.45, 7) is 3.10. The van der Waals surface area contributed by atoms with Gasteiger partial charge in [0.15, 0.2) is 12.3 Å². The van der Waals surface area contributed by atoms with Crippen LogP contribution in [0.2, 0.25) is 0 Å². The normalized spacial score (nSPS) is 25.7. The topological polar surface area (TPSA) is 243 Å². The SMILES string of the molecule is CC(C)[C@H](NC(=O)[C@H](Cc1ccccc1)NC(=O)[C@@H]1CCCN1C(=O)[C@@H]([NH3+])Cc1ccc(O)cc1)C(=O)OC[C@H]1O[C@@H](O)[C@H](O)[C@@H](O)[C@@H]1O. The molecule has 268 valence electrons. The first-order chi connectivity index (χ1) is 23.3. The number of phenols is 1. The van der Waals surface area contributed by atoms with Crippen molar-refractivity contribution in [2.45, 2.75) is 94.4 Å². The molecule has 2 fully saturated rings. The Hall–Kier alpha value is -4.12. The molecule has 0 saturated carbocycles. The van der Waals surface area contributed by atoms with Gasteiger partial charge in [0.1, 0.15) is 54.9 Å². The van der Waals surface area contributed by atoms with Crippen LogP contribution in [0.4, 0.5) is 0 Å². The van der Waals surface area contributed by atoms with Crippen molar-refractivity contribution in [3.05, 3.63) is 65.7 Å². The van der Waals surface area contributed by atoms with E-state index >= 15 is 0 Å². The molecule has 2 aliphatic rings. The number of carbonyl (C=O) groups is 4. The molecule has 2 aromatic carbocycles. The molecule has 0 radical (unpaired) electrons. The molecule has 0 spiro atoms. The molecule has 49 heavy (non-hydrogen) atoms. The summed E-state index contributed by atoms with van der Waals surface area (Å²) in [5, 5.41) is 54.6. The zero-order valence-electron chi connectivity index (χ0n) is 27.6. The molecular formula is C34H47N4O11+. The van der Waals surface area contributed by atoms with Crippen LogP contribution in [0.15, 0.2) is 54.6 Å². The van der Waals surface area contributed by atoms with E-state index in [9.17, 15) is 44.7 Å². The number of phenolic OH excluding ortho intramolecular Hbond substituents is 1. The number of aromatic hydroxyl groups is 1. The monoisotopic (exact) mass is 687 g/mol. The number of nitrogens with zero attached hydrogens (tertiary/aromatic N) is 1. The van der Waals surface area contributed by atoms with Crippen LogP contribution in [0.3, 0.4) is 0 Å². The summed E-state index contributed by atoms with van der Waals surface area (Å²) in [5.74, 6) is -2.76. The minimum atomic E-state index is -1.81. The maximum absolute atomic E-state index is 13.7. The Morgan fingerprint density at radius 3 is 2.22 bits per heavy atom. The molecule has 15 nitrogen and oxygen atoms in total. The van der Waals surface area contributed by atoms with Crippen molar-refractivity contribution in [2.75, 3.05) is 13.2 Å². The van der Waals surface area contributed by atoms with Gasteiger partial charge in [-0.05, 0) is 42.0 Å². The number of hydrogen-bond acceptors (Lipinski definition) is 11. The number of likely N-dealkylation sites (tertiary alicyclic amines) is 1. The van der Waals surface area contributed by atoms with Crippen LogP contribution in [0, 0.1) is 5.92 Å². The molecule has 0 aromatic heterocycles. The molecule has 0 aliphatic carbocycles. The number of nitrogens with one attached hydrogen (secondary N) is 2. The summed E-state index contributed by atoms with van der Waals surface area (Å²) >= 11 is 0. The van der Waals surface area contributed by atoms with E-state index < -0.39 is 85.2 Å². The van der Waals surface area contributed by atoms with Gasteiger partial charge in [-0.25, -0.2) is 4.79 Å². The van der Waals surface area contributed by atoms with Crippen LogP contribution >= 0.6 is 0 Å². The number of rotatable bonds is 13. The number of esters is 1. The largest absolute Gasteiger partial charge is 0.508 e. The van der Waals surface area contributed by atoms with Crippen LogP contribution in [0.5, 0.6) is 5.75 Å². The lowest BCUT2D eigenvalue weighted by Gasteiger charge is -2.38. The van der Waals surface area contributed by atoms with Gasteiger partial charge in [-0.15, -0.1) is 0 Å². The summed E-state index contributed by atoms with van der Waals surface area (Å²) < 4.78 is 10.4. The van der Waals surface area contributed by atoms with Gasteiger partial charge in [-0.2, -0.15) is 0 Å². The Bertz CT molecular complexity index is 1430. The lowest BCUT2D eigenvalue weighted by molar-refractivity contribution is -0.405. The zero-order valence-corrected chi connectivity index (χ0v) is 27.6. The van der Waals surface area contributed by atoms with Gasteiger partial charge in [0.2, 0.25) is 11.8 Å². The number of quaternary nitrogens is 1. The predicted octanol–water partition coefficient (Wildman–Crippen LogP) is -2.25. The summed E-state index contributed by atoms with van der Waals surface area (Å²) in [6, 6.07) is 11.6. The molecule has 3 amide bonds. The van der Waals surface area contributed by atoms with E-state index in [1.807, 2.05) is 6.07 Å². The summed E-state index contributed by atoms with van der Waals surface area (Å²) in [5.41, 5.74) is 5.56. The van der Waals surface area contributed by atoms with Crippen LogP contribution in [0.25, 0.3) is 0 Å². The van der Waals surface area contributed by atoms with Crippen molar-refractivity contribution in [1.29, 1.82) is 0 Å². The molecular weight excluding hydrogens is 640 g/mol. The van der Waals surface area contributed by atoms with E-state index in [0.29, 0.717) is 25.8 Å². The molecule has 2 aromatic rings. The van der Waals surface area contributed by atoms with E-state index in [1.165, 1.54) is 17.0 Å². The van der Waals surface area contributed by atoms with E-state index in [4.69, 9.17) is 9.47 Å². The van der Waals surface area contributed by atoms with Crippen molar-refractivity contribution in [3.8, 4) is 5.75 Å². The van der Waals surface area contributed by atoms with Gasteiger partial charge in [-0.1, -0.05) is 56.3 Å². The van der Waals surface area contributed by atoms with Gasteiger partial charge in [0, 0.05) is 19.4 Å². The summed E-state index contributed by atoms with van der Waals surface area (Å²) in [6.07, 6.45) is -6.93. The number of aliphatic hydroxyl groups excluding tert-OH is 4. The van der Waals surface area contributed by atoms with Gasteiger partial charge in [0.05, 0.1) is 0 Å². The fraction of sp³-hybridized carbons (Fsp3) is 0.529. The van der Waals surface area contributed by atoms with Crippen molar-refractivity contribution >= 4 is 23.7 Å². The summed E-state index contributed by atoms with van der Waals surface area (Å²) in [7, 11) is 0. The van der Waals surface area contributed by atoms with Gasteiger partial charge < -0.3 is 56.3 Å². The van der Waals surface area contributed by atoms with Crippen molar-refractivity contribution in [3.63, 3.8) is 0 Å². The molecule has 4 rings (SSSR count). The first kappa shape index (κ1) is 37.7. The smallest absolute Gasteiger partial charge is 0.328 e. The number of hydrogen-bond donors (Lipinski definition) is 8. The maximum Gasteiger partial charge on any atom is 0.328 e. The lowest BCUT2D eigenvalue weighted by Crippen LogP contribution is -2.70. The molecule has 0 bridgehead atoms. The first-order valence-corrected chi connectivity index (χ1v) is 16.4. The summed E-state index contributed by atoms with van der Waals surface area (Å²) in [4.78, 5) is 55.5. The standard InChI is InChI=1S/C34H46N4O11/c1-18(2)26(33(46)48-17-25-27(40)28(41)29(42)34(47)49-25)37-30(43)23(16-19-7-4-3-5-8-19)36-31(44)24-9-6-14-38(24)32(45)22(35)15-20-10-12-21(39)13-11-20/h3-5,7-8,10-13,18,22-29,34,39-42,47H,6,9,14-17,35H2,1-2H3,(H,36,44)(H,37,43)/p+1/t22-,23-,24-,25+,26-,27+,28-,29+,34+/m0/s1. The molecule has 2 aliphatic heterocycles. The Morgan fingerprint density at radius 2 is 1.57 bits per heavy atom. The quantitative estimate of drug-likeness (QED) is 0.105. The first-order valence-electron chi connectivity index (χ1n) is 16.4. The van der Waals surface area contributed by atoms with Crippen LogP contribution in [-0.2, 0) is 41.5 Å². The van der Waals surface area contributed by atoms with Gasteiger partial charge >= 0.3 is 5.97 Å². The van der Waals surface area contributed by atoms with Crippen molar-refractivity contribution in [2.24, 2.45) is 5.92 Å². The molecule has 9 atom stereocenters. The number of carbonyl (C=O) groups excluding carboxylic acids is 4. The second kappa shape index (κ2) is 17.0. The number of amides is 3. The molecule has 0 unspecified atom stereocenters. The number of aliphatic hydroxyl groups is 4. The molecule has 15 heteroatoms. The van der Waals surface area contributed by atoms with Gasteiger partial charge in [-0.3, -0.25) is 14.4 Å². The Balaban J connectivity index is 1.43. The molecule has 10 N–H and O–H groups in total. The minimum Gasteiger partial charge on any atom is -0.508 e. The van der Waals surface area contributed by atoms with Crippen molar-refractivity contribution in [1.82, 2.24) is 15.5 Å². The third-order valence-corrected chi connectivity index (χ3v) is 8.82. The number of benzene rings is 2. The molecule has 2 saturated heterocycles. The Labute approximate surface area is 284 Å². The average Bonchev–Trinajstić information content (AvgIpc) is 3.58. The highest BCUT2D eigenvalue weighted by Gasteiger charge is 2.44. The fourth-order valence-electron chi connectivity index (χ4n) is 5.94. The lowest BCUT2D eigenvalue weighted by atomic mass is 9.99. The highest BCUT2D eigenvalue weighted by atomic mass is 16.6. The Morgan fingerprint density at radius 1 is 0.918 bits per heavy atom. The predicted molar refractivity (Wildman–Crippen MR) is 172 cm³/mol. The maximum atomic E-state index is 13.7.